The van der Waals surface area contributed by atoms with E-state index in [1.165, 1.54) is 16.8 Å². The van der Waals surface area contributed by atoms with Crippen molar-refractivity contribution in [1.29, 1.82) is 0 Å². The van der Waals surface area contributed by atoms with Gasteiger partial charge < -0.3 is 20.1 Å². The van der Waals surface area contributed by atoms with E-state index in [4.69, 9.17) is 9.47 Å². The molecule has 0 aliphatic carbocycles. The van der Waals surface area contributed by atoms with Crippen molar-refractivity contribution in [3.8, 4) is 22.6 Å². The molecule has 0 spiro atoms. The monoisotopic (exact) mass is 340 g/mol. The Balaban J connectivity index is 2.06. The van der Waals surface area contributed by atoms with Gasteiger partial charge in [-0.05, 0) is 61.8 Å². The number of benzene rings is 2. The number of rotatable bonds is 7. The molecule has 1 aliphatic rings. The Morgan fingerprint density at radius 3 is 2.64 bits per heavy atom. The SMILES string of the molecule is CCNCCC1c2c(cccc2-c2cc(OC)ccc2OC)NC1C. The summed E-state index contributed by atoms with van der Waals surface area (Å²) in [7, 11) is 3.42. The van der Waals surface area contributed by atoms with Crippen LogP contribution in [-0.4, -0.2) is 33.4 Å². The van der Waals surface area contributed by atoms with E-state index in [0.717, 1.165) is 36.6 Å². The minimum atomic E-state index is 0.423. The van der Waals surface area contributed by atoms with Crippen LogP contribution >= 0.6 is 0 Å². The molecule has 2 atom stereocenters. The lowest BCUT2D eigenvalue weighted by Crippen LogP contribution is -2.22. The van der Waals surface area contributed by atoms with E-state index in [1.807, 2.05) is 12.1 Å². The Bertz CT molecular complexity index is 730. The quantitative estimate of drug-likeness (QED) is 0.739. The topological polar surface area (TPSA) is 42.5 Å². The molecular weight excluding hydrogens is 312 g/mol. The summed E-state index contributed by atoms with van der Waals surface area (Å²) in [5.74, 6) is 2.19. The van der Waals surface area contributed by atoms with Crippen LogP contribution in [0.15, 0.2) is 36.4 Å². The molecule has 3 rings (SSSR count). The van der Waals surface area contributed by atoms with Gasteiger partial charge in [0.1, 0.15) is 11.5 Å². The third kappa shape index (κ3) is 3.45. The van der Waals surface area contributed by atoms with Crippen LogP contribution in [0.25, 0.3) is 11.1 Å². The first-order chi connectivity index (χ1) is 12.2. The van der Waals surface area contributed by atoms with E-state index in [1.54, 1.807) is 14.2 Å². The van der Waals surface area contributed by atoms with Crippen molar-refractivity contribution >= 4 is 5.69 Å². The molecule has 0 bridgehead atoms. The third-order valence-electron chi connectivity index (χ3n) is 5.04. The summed E-state index contributed by atoms with van der Waals surface area (Å²) in [6.45, 7) is 6.45. The summed E-state index contributed by atoms with van der Waals surface area (Å²) in [4.78, 5) is 0. The summed E-state index contributed by atoms with van der Waals surface area (Å²) >= 11 is 0. The maximum Gasteiger partial charge on any atom is 0.126 e. The Hall–Kier alpha value is -2.20. The van der Waals surface area contributed by atoms with Crippen LogP contribution in [0.5, 0.6) is 11.5 Å². The summed E-state index contributed by atoms with van der Waals surface area (Å²) in [6, 6.07) is 12.9. The minimum Gasteiger partial charge on any atom is -0.497 e. The van der Waals surface area contributed by atoms with Gasteiger partial charge in [0.05, 0.1) is 14.2 Å². The fourth-order valence-electron chi connectivity index (χ4n) is 3.77. The van der Waals surface area contributed by atoms with E-state index < -0.39 is 0 Å². The van der Waals surface area contributed by atoms with Gasteiger partial charge >= 0.3 is 0 Å². The Kier molecular flexibility index (Phi) is 5.49. The highest BCUT2D eigenvalue weighted by Crippen LogP contribution is 2.46. The molecule has 0 fully saturated rings. The minimum absolute atomic E-state index is 0.423. The average Bonchev–Trinajstić information content (AvgIpc) is 2.97. The molecule has 0 aromatic heterocycles. The van der Waals surface area contributed by atoms with Crippen LogP contribution in [0.3, 0.4) is 0 Å². The van der Waals surface area contributed by atoms with Crippen molar-refractivity contribution in [3.05, 3.63) is 42.0 Å². The van der Waals surface area contributed by atoms with Gasteiger partial charge in [-0.1, -0.05) is 19.1 Å². The second-order valence-corrected chi connectivity index (χ2v) is 6.51. The van der Waals surface area contributed by atoms with Crippen molar-refractivity contribution < 1.29 is 9.47 Å². The van der Waals surface area contributed by atoms with E-state index in [2.05, 4.69) is 48.7 Å². The van der Waals surface area contributed by atoms with E-state index in [-0.39, 0.29) is 0 Å². The number of methoxy groups -OCH3 is 2. The molecule has 2 unspecified atom stereocenters. The molecular formula is C21H28N2O2. The number of fused-ring (bicyclic) bond motifs is 1. The van der Waals surface area contributed by atoms with E-state index >= 15 is 0 Å². The van der Waals surface area contributed by atoms with Gasteiger partial charge in [0.25, 0.3) is 0 Å². The van der Waals surface area contributed by atoms with Crippen LogP contribution in [0.2, 0.25) is 0 Å². The lowest BCUT2D eigenvalue weighted by atomic mass is 9.86. The first-order valence-electron chi connectivity index (χ1n) is 9.02. The van der Waals surface area contributed by atoms with Crippen molar-refractivity contribution in [3.63, 3.8) is 0 Å². The van der Waals surface area contributed by atoms with Crippen molar-refractivity contribution in [2.45, 2.75) is 32.2 Å². The predicted octanol–water partition coefficient (Wildman–Crippen LogP) is 4.27. The van der Waals surface area contributed by atoms with Gasteiger partial charge in [0.2, 0.25) is 0 Å². The van der Waals surface area contributed by atoms with Gasteiger partial charge in [-0.25, -0.2) is 0 Å². The van der Waals surface area contributed by atoms with Crippen molar-refractivity contribution in [2.75, 3.05) is 32.6 Å². The lowest BCUT2D eigenvalue weighted by molar-refractivity contribution is 0.404. The maximum atomic E-state index is 5.63. The Labute approximate surface area is 150 Å². The first-order valence-corrected chi connectivity index (χ1v) is 9.02. The molecule has 4 nitrogen and oxygen atoms in total. The molecule has 0 amide bonds. The van der Waals surface area contributed by atoms with Gasteiger partial charge in [-0.3, -0.25) is 0 Å². The van der Waals surface area contributed by atoms with E-state index in [0.29, 0.717) is 12.0 Å². The average molecular weight is 340 g/mol. The Morgan fingerprint density at radius 1 is 1.08 bits per heavy atom. The zero-order chi connectivity index (χ0) is 17.8. The third-order valence-corrected chi connectivity index (χ3v) is 5.04. The molecule has 0 radical (unpaired) electrons. The molecule has 1 aliphatic heterocycles. The van der Waals surface area contributed by atoms with Crippen molar-refractivity contribution in [2.24, 2.45) is 0 Å². The fraction of sp³-hybridized carbons (Fsp3) is 0.429. The van der Waals surface area contributed by atoms with Crippen LogP contribution < -0.4 is 20.1 Å². The van der Waals surface area contributed by atoms with Crippen LogP contribution in [0.1, 0.15) is 31.7 Å². The van der Waals surface area contributed by atoms with Gasteiger partial charge in [-0.15, -0.1) is 0 Å². The second kappa shape index (κ2) is 7.79. The zero-order valence-electron chi connectivity index (χ0n) is 15.6. The number of anilines is 1. The summed E-state index contributed by atoms with van der Waals surface area (Å²) in [5.41, 5.74) is 4.94. The molecule has 2 N–H and O–H groups in total. The van der Waals surface area contributed by atoms with Crippen LogP contribution in [-0.2, 0) is 0 Å². The fourth-order valence-corrected chi connectivity index (χ4v) is 3.77. The van der Waals surface area contributed by atoms with Crippen LogP contribution in [0, 0.1) is 0 Å². The number of nitrogens with one attached hydrogen (secondary N) is 2. The summed E-state index contributed by atoms with van der Waals surface area (Å²) < 4.78 is 11.1. The van der Waals surface area contributed by atoms with Crippen LogP contribution in [0.4, 0.5) is 5.69 Å². The predicted molar refractivity (Wildman–Crippen MR) is 104 cm³/mol. The standard InChI is InChI=1S/C21H28N2O2/c1-5-22-12-11-16-14(2)23-19-8-6-7-17(21(16)19)18-13-15(24-3)9-10-20(18)25-4/h6-10,13-14,16,22-23H,5,11-12H2,1-4H3. The molecule has 2 aromatic rings. The maximum absolute atomic E-state index is 5.63. The number of hydrogen-bond acceptors (Lipinski definition) is 4. The molecule has 2 aromatic carbocycles. The lowest BCUT2D eigenvalue weighted by Gasteiger charge is -2.20. The molecule has 0 saturated carbocycles. The normalized spacial score (nSPS) is 18.6. The smallest absolute Gasteiger partial charge is 0.126 e. The summed E-state index contributed by atoms with van der Waals surface area (Å²) in [5, 5.41) is 7.10. The number of ether oxygens (including phenoxy) is 2. The molecule has 25 heavy (non-hydrogen) atoms. The second-order valence-electron chi connectivity index (χ2n) is 6.51. The van der Waals surface area contributed by atoms with E-state index in [9.17, 15) is 0 Å². The zero-order valence-corrected chi connectivity index (χ0v) is 15.6. The molecule has 4 heteroatoms. The first kappa shape index (κ1) is 17.6. The highest BCUT2D eigenvalue weighted by Gasteiger charge is 2.31. The largest absolute Gasteiger partial charge is 0.497 e. The molecule has 0 saturated heterocycles. The highest BCUT2D eigenvalue weighted by molar-refractivity contribution is 5.81. The van der Waals surface area contributed by atoms with Gasteiger partial charge in [0, 0.05) is 23.2 Å². The van der Waals surface area contributed by atoms with Gasteiger partial charge in [0.15, 0.2) is 0 Å². The van der Waals surface area contributed by atoms with Crippen molar-refractivity contribution in [1.82, 2.24) is 5.32 Å². The molecule has 1 heterocycles. The number of hydrogen-bond donors (Lipinski definition) is 2. The Morgan fingerprint density at radius 2 is 1.92 bits per heavy atom. The molecule has 134 valence electrons. The summed E-state index contributed by atoms with van der Waals surface area (Å²) in [6.07, 6.45) is 1.11. The van der Waals surface area contributed by atoms with Gasteiger partial charge in [-0.2, -0.15) is 0 Å². The highest BCUT2D eigenvalue weighted by atomic mass is 16.5.